The topological polar surface area (TPSA) is 90.6 Å². The third kappa shape index (κ3) is 4.84. The van der Waals surface area contributed by atoms with Crippen LogP contribution in [-0.4, -0.2) is 58.3 Å². The predicted octanol–water partition coefficient (Wildman–Crippen LogP) is 4.13. The number of nitrogens with one attached hydrogen (secondary N) is 1. The van der Waals surface area contributed by atoms with Crippen molar-refractivity contribution in [1.82, 2.24) is 9.91 Å². The molecule has 1 amide bonds. The van der Waals surface area contributed by atoms with Crippen LogP contribution in [0.4, 0.5) is 0 Å². The Labute approximate surface area is 202 Å². The molecule has 5 rings (SSSR count). The maximum Gasteiger partial charge on any atom is 0.283 e. The number of aliphatic imine (C=N–C) groups is 1. The third-order valence-electron chi connectivity index (χ3n) is 5.65. The van der Waals surface area contributed by atoms with Gasteiger partial charge in [0.25, 0.3) is 5.91 Å². The van der Waals surface area contributed by atoms with Crippen LogP contribution in [0.5, 0.6) is 11.5 Å². The highest BCUT2D eigenvalue weighted by Gasteiger charge is 2.37. The van der Waals surface area contributed by atoms with Crippen molar-refractivity contribution < 1.29 is 14.3 Å². The fourth-order valence-corrected chi connectivity index (χ4v) is 4.74. The summed E-state index contributed by atoms with van der Waals surface area (Å²) in [6.45, 7) is 4.79. The van der Waals surface area contributed by atoms with E-state index in [0.29, 0.717) is 24.1 Å². The summed E-state index contributed by atoms with van der Waals surface area (Å²) >= 11 is 1.35. The van der Waals surface area contributed by atoms with Gasteiger partial charge in [-0.3, -0.25) is 10.2 Å². The number of rotatable bonds is 6. The van der Waals surface area contributed by atoms with E-state index in [1.807, 2.05) is 55.5 Å². The van der Waals surface area contributed by atoms with Crippen molar-refractivity contribution in [2.45, 2.75) is 19.8 Å². The van der Waals surface area contributed by atoms with Crippen LogP contribution in [0, 0.1) is 12.3 Å². The Balaban J connectivity index is 1.19. The molecule has 1 saturated heterocycles. The van der Waals surface area contributed by atoms with E-state index in [9.17, 15) is 4.79 Å². The highest BCUT2D eigenvalue weighted by atomic mass is 32.2. The summed E-state index contributed by atoms with van der Waals surface area (Å²) < 4.78 is 11.4. The van der Waals surface area contributed by atoms with E-state index in [0.717, 1.165) is 42.4 Å². The molecule has 0 atom stereocenters. The van der Waals surface area contributed by atoms with E-state index in [4.69, 9.17) is 14.9 Å². The van der Waals surface area contributed by atoms with Gasteiger partial charge >= 0.3 is 0 Å². The van der Waals surface area contributed by atoms with Gasteiger partial charge in [0.1, 0.15) is 24.7 Å². The minimum atomic E-state index is -0.421. The Morgan fingerprint density at radius 1 is 0.971 bits per heavy atom. The van der Waals surface area contributed by atoms with E-state index < -0.39 is 5.91 Å². The van der Waals surface area contributed by atoms with Crippen molar-refractivity contribution in [3.63, 3.8) is 0 Å². The van der Waals surface area contributed by atoms with Crippen LogP contribution in [0.1, 0.15) is 24.0 Å². The zero-order valence-electron chi connectivity index (χ0n) is 18.9. The maximum absolute atomic E-state index is 12.6. The lowest BCUT2D eigenvalue weighted by Gasteiger charge is -2.20. The molecule has 3 aliphatic rings. The van der Waals surface area contributed by atoms with E-state index in [1.165, 1.54) is 22.3 Å². The highest BCUT2D eigenvalue weighted by Crippen LogP contribution is 2.31. The minimum Gasteiger partial charge on any atom is -0.490 e. The predicted molar refractivity (Wildman–Crippen MR) is 134 cm³/mol. The van der Waals surface area contributed by atoms with Crippen LogP contribution in [-0.2, 0) is 4.79 Å². The van der Waals surface area contributed by atoms with Crippen molar-refractivity contribution in [1.29, 1.82) is 5.41 Å². The fraction of sp³-hybridized carbons (Fsp3) is 0.280. The molecule has 1 N–H and O–H groups in total. The van der Waals surface area contributed by atoms with Crippen molar-refractivity contribution in [3.05, 3.63) is 65.2 Å². The van der Waals surface area contributed by atoms with Gasteiger partial charge in [-0.2, -0.15) is 10.0 Å². The number of nitrogens with zero attached hydrogens (tertiary/aromatic N) is 4. The monoisotopic (exact) mass is 475 g/mol. The Bertz CT molecular complexity index is 1180. The minimum absolute atomic E-state index is 0.0466. The number of amidine groups is 3. The number of amides is 1. The van der Waals surface area contributed by atoms with Crippen LogP contribution in [0.2, 0.25) is 0 Å². The lowest BCUT2D eigenvalue weighted by Crippen LogP contribution is -2.35. The van der Waals surface area contributed by atoms with Gasteiger partial charge < -0.3 is 14.4 Å². The molecule has 0 unspecified atom stereocenters. The molecule has 2 aromatic rings. The zero-order valence-corrected chi connectivity index (χ0v) is 19.7. The second kappa shape index (κ2) is 9.72. The number of carbonyl (C=O) groups excluding carboxylic acids is 1. The first kappa shape index (κ1) is 22.2. The Morgan fingerprint density at radius 2 is 1.59 bits per heavy atom. The van der Waals surface area contributed by atoms with Crippen molar-refractivity contribution in [2.75, 3.05) is 26.3 Å². The van der Waals surface area contributed by atoms with Gasteiger partial charge in [-0.05, 0) is 67.4 Å². The molecule has 0 bridgehead atoms. The number of hydrogen-bond acceptors (Lipinski definition) is 7. The molecule has 0 aromatic heterocycles. The molecular weight excluding hydrogens is 450 g/mol. The van der Waals surface area contributed by atoms with Crippen LogP contribution in [0.15, 0.2) is 64.2 Å². The van der Waals surface area contributed by atoms with Gasteiger partial charge in [0.2, 0.25) is 5.17 Å². The van der Waals surface area contributed by atoms with Gasteiger partial charge in [0.05, 0.1) is 5.57 Å². The molecule has 0 spiro atoms. The molecule has 2 aromatic carbocycles. The molecule has 9 heteroatoms. The van der Waals surface area contributed by atoms with Crippen molar-refractivity contribution in [3.8, 4) is 11.5 Å². The molecular formula is C25H25N5O3S. The normalized spacial score (nSPS) is 18.8. The second-order valence-corrected chi connectivity index (χ2v) is 9.11. The lowest BCUT2D eigenvalue weighted by molar-refractivity contribution is -0.114. The first-order chi connectivity index (χ1) is 16.6. The SMILES string of the molecule is Cc1ccc(OCCOc2ccc(/C=C3/C(=N)N4N=C(N5CCCC5)SC4=NC3=O)cc2)cc1. The standard InChI is InChI=1S/C25H25N5O3S/c1-17-4-8-19(9-5-17)32-14-15-33-20-10-6-18(7-11-20)16-21-22(26)30-24(27-23(21)31)34-25(28-30)29-12-2-3-13-29/h4-11,16,26H,2-3,12-15H2,1H3/b21-16-,26-22?. The number of likely N-dealkylation sites (tertiary alicyclic amines) is 1. The number of thioether (sulfide) groups is 1. The quantitative estimate of drug-likeness (QED) is 0.499. The average molecular weight is 476 g/mol. The summed E-state index contributed by atoms with van der Waals surface area (Å²) in [6.07, 6.45) is 3.93. The number of aryl methyl sites for hydroxylation is 1. The number of hydrogen-bond donors (Lipinski definition) is 1. The second-order valence-electron chi connectivity index (χ2n) is 8.18. The zero-order chi connectivity index (χ0) is 23.5. The van der Waals surface area contributed by atoms with E-state index >= 15 is 0 Å². The van der Waals surface area contributed by atoms with Gasteiger partial charge in [0.15, 0.2) is 11.0 Å². The summed E-state index contributed by atoms with van der Waals surface area (Å²) in [7, 11) is 0. The Hall–Kier alpha value is -3.59. The molecule has 8 nitrogen and oxygen atoms in total. The summed E-state index contributed by atoms with van der Waals surface area (Å²) in [6, 6.07) is 15.3. The highest BCUT2D eigenvalue weighted by molar-refractivity contribution is 8.26. The molecule has 3 heterocycles. The van der Waals surface area contributed by atoms with Crippen LogP contribution in [0.25, 0.3) is 6.08 Å². The van der Waals surface area contributed by atoms with Crippen LogP contribution >= 0.6 is 11.8 Å². The molecule has 0 radical (unpaired) electrons. The molecule has 0 aliphatic carbocycles. The van der Waals surface area contributed by atoms with Crippen LogP contribution in [0.3, 0.4) is 0 Å². The van der Waals surface area contributed by atoms with E-state index in [-0.39, 0.29) is 11.4 Å². The Morgan fingerprint density at radius 3 is 2.24 bits per heavy atom. The number of hydrazone groups is 1. The number of benzene rings is 2. The van der Waals surface area contributed by atoms with E-state index in [1.54, 1.807) is 6.08 Å². The lowest BCUT2D eigenvalue weighted by atomic mass is 10.1. The number of ether oxygens (including phenoxy) is 2. The summed E-state index contributed by atoms with van der Waals surface area (Å²) in [4.78, 5) is 19.0. The first-order valence-corrected chi connectivity index (χ1v) is 12.1. The van der Waals surface area contributed by atoms with Crippen molar-refractivity contribution in [2.24, 2.45) is 10.1 Å². The molecule has 0 saturated carbocycles. The molecule has 34 heavy (non-hydrogen) atoms. The fourth-order valence-electron chi connectivity index (χ4n) is 3.80. The van der Waals surface area contributed by atoms with Gasteiger partial charge in [-0.1, -0.05) is 29.8 Å². The van der Waals surface area contributed by atoms with Crippen LogP contribution < -0.4 is 9.47 Å². The first-order valence-electron chi connectivity index (χ1n) is 11.2. The third-order valence-corrected chi connectivity index (χ3v) is 6.62. The van der Waals surface area contributed by atoms with Gasteiger partial charge in [-0.15, -0.1) is 5.10 Å². The summed E-state index contributed by atoms with van der Waals surface area (Å²) in [5, 5.41) is 15.8. The Kier molecular flexibility index (Phi) is 6.35. The van der Waals surface area contributed by atoms with Crippen molar-refractivity contribution >= 4 is 39.9 Å². The molecule has 1 fully saturated rings. The smallest absolute Gasteiger partial charge is 0.283 e. The number of carbonyl (C=O) groups is 1. The number of fused-ring (bicyclic) bond motifs is 1. The van der Waals surface area contributed by atoms with Gasteiger partial charge in [-0.25, -0.2) is 0 Å². The average Bonchev–Trinajstić information content (AvgIpc) is 3.52. The van der Waals surface area contributed by atoms with E-state index in [2.05, 4.69) is 15.0 Å². The molecule has 3 aliphatic heterocycles. The largest absolute Gasteiger partial charge is 0.490 e. The maximum atomic E-state index is 12.6. The van der Waals surface area contributed by atoms with Gasteiger partial charge in [0, 0.05) is 13.1 Å². The summed E-state index contributed by atoms with van der Waals surface area (Å²) in [5.41, 5.74) is 2.19. The summed E-state index contributed by atoms with van der Waals surface area (Å²) in [5.74, 6) is 1.14. The molecule has 174 valence electrons.